The van der Waals surface area contributed by atoms with Crippen molar-refractivity contribution in [1.29, 1.82) is 0 Å². The molecule has 1 aromatic carbocycles. The van der Waals surface area contributed by atoms with E-state index in [0.717, 1.165) is 39.4 Å². The van der Waals surface area contributed by atoms with Gasteiger partial charge in [0.15, 0.2) is 0 Å². The Morgan fingerprint density at radius 2 is 2.24 bits per heavy atom. The Bertz CT molecular complexity index is 405. The van der Waals surface area contributed by atoms with E-state index in [1.165, 1.54) is 16.7 Å². The molecule has 0 radical (unpaired) electrons. The normalized spacial score (nSPS) is 24.9. The molecule has 1 aromatic rings. The molecular weight excluding hydrogens is 212 g/mol. The van der Waals surface area contributed by atoms with Gasteiger partial charge >= 0.3 is 0 Å². The Kier molecular flexibility index (Phi) is 3.14. The minimum Gasteiger partial charge on any atom is -0.379 e. The van der Waals surface area contributed by atoms with Gasteiger partial charge in [-0.3, -0.25) is 4.90 Å². The van der Waals surface area contributed by atoms with Crippen LogP contribution >= 0.6 is 0 Å². The van der Waals surface area contributed by atoms with Crippen molar-refractivity contribution >= 4 is 0 Å². The minimum atomic E-state index is 0.537. The SMILES string of the molecule is CC1COCCN1Cc1ccc2c(c1)CNC2. The van der Waals surface area contributed by atoms with Gasteiger partial charge in [0.2, 0.25) is 0 Å². The van der Waals surface area contributed by atoms with Gasteiger partial charge in [-0.15, -0.1) is 0 Å². The Labute approximate surface area is 103 Å². The highest BCUT2D eigenvalue weighted by Gasteiger charge is 2.19. The fraction of sp³-hybridized carbons (Fsp3) is 0.571. The van der Waals surface area contributed by atoms with E-state index in [9.17, 15) is 0 Å². The third kappa shape index (κ3) is 2.37. The maximum atomic E-state index is 5.47. The minimum absolute atomic E-state index is 0.537. The van der Waals surface area contributed by atoms with E-state index >= 15 is 0 Å². The fourth-order valence-electron chi connectivity index (χ4n) is 2.68. The van der Waals surface area contributed by atoms with Gasteiger partial charge in [-0.25, -0.2) is 0 Å². The Morgan fingerprint density at radius 1 is 1.35 bits per heavy atom. The van der Waals surface area contributed by atoms with Crippen LogP contribution in [0.2, 0.25) is 0 Å². The Hall–Kier alpha value is -0.900. The molecule has 2 aliphatic heterocycles. The third-order valence-electron chi connectivity index (χ3n) is 3.79. The summed E-state index contributed by atoms with van der Waals surface area (Å²) in [7, 11) is 0. The largest absolute Gasteiger partial charge is 0.379 e. The van der Waals surface area contributed by atoms with Gasteiger partial charge in [0.1, 0.15) is 0 Å². The fourth-order valence-corrected chi connectivity index (χ4v) is 2.68. The first-order chi connectivity index (χ1) is 8.33. The average Bonchev–Trinajstić information content (AvgIpc) is 2.79. The van der Waals surface area contributed by atoms with Gasteiger partial charge < -0.3 is 10.1 Å². The van der Waals surface area contributed by atoms with Crippen LogP contribution < -0.4 is 5.32 Å². The first-order valence-electron chi connectivity index (χ1n) is 6.46. The summed E-state index contributed by atoms with van der Waals surface area (Å²) < 4.78 is 5.47. The van der Waals surface area contributed by atoms with Gasteiger partial charge in [-0.05, 0) is 23.6 Å². The molecule has 0 bridgehead atoms. The highest BCUT2D eigenvalue weighted by molar-refractivity contribution is 5.34. The molecule has 1 fully saturated rings. The summed E-state index contributed by atoms with van der Waals surface area (Å²) in [6.07, 6.45) is 0. The molecule has 1 unspecified atom stereocenters. The van der Waals surface area contributed by atoms with Crippen LogP contribution in [0.25, 0.3) is 0 Å². The van der Waals surface area contributed by atoms with Gasteiger partial charge in [0, 0.05) is 32.2 Å². The molecule has 2 aliphatic rings. The summed E-state index contributed by atoms with van der Waals surface area (Å²) in [5.41, 5.74) is 4.37. The van der Waals surface area contributed by atoms with Crippen LogP contribution in [0.15, 0.2) is 18.2 Å². The topological polar surface area (TPSA) is 24.5 Å². The first-order valence-corrected chi connectivity index (χ1v) is 6.46. The van der Waals surface area contributed by atoms with Crippen LogP contribution in [0.4, 0.5) is 0 Å². The number of hydrogen-bond acceptors (Lipinski definition) is 3. The molecule has 1 atom stereocenters. The number of benzene rings is 1. The van der Waals surface area contributed by atoms with E-state index < -0.39 is 0 Å². The lowest BCUT2D eigenvalue weighted by Gasteiger charge is -2.33. The maximum Gasteiger partial charge on any atom is 0.0619 e. The summed E-state index contributed by atoms with van der Waals surface area (Å²) >= 11 is 0. The Morgan fingerprint density at radius 3 is 3.12 bits per heavy atom. The van der Waals surface area contributed by atoms with E-state index in [4.69, 9.17) is 4.74 Å². The molecule has 3 rings (SSSR count). The van der Waals surface area contributed by atoms with Crippen molar-refractivity contribution in [3.8, 4) is 0 Å². The van der Waals surface area contributed by atoms with E-state index in [1.807, 2.05) is 0 Å². The third-order valence-corrected chi connectivity index (χ3v) is 3.79. The summed E-state index contributed by atoms with van der Waals surface area (Å²) in [6.45, 7) is 8.15. The Balaban J connectivity index is 1.72. The van der Waals surface area contributed by atoms with Crippen LogP contribution in [0.1, 0.15) is 23.6 Å². The van der Waals surface area contributed by atoms with E-state index in [2.05, 4.69) is 35.3 Å². The molecule has 3 heteroatoms. The average molecular weight is 232 g/mol. The van der Waals surface area contributed by atoms with E-state index in [0.29, 0.717) is 6.04 Å². The maximum absolute atomic E-state index is 5.47. The van der Waals surface area contributed by atoms with Crippen LogP contribution in [-0.2, 0) is 24.4 Å². The molecule has 0 amide bonds. The van der Waals surface area contributed by atoms with Crippen LogP contribution in [-0.4, -0.2) is 30.7 Å². The zero-order valence-electron chi connectivity index (χ0n) is 10.4. The number of rotatable bonds is 2. The molecule has 1 N–H and O–H groups in total. The summed E-state index contributed by atoms with van der Waals surface area (Å²) in [4.78, 5) is 2.51. The zero-order valence-corrected chi connectivity index (χ0v) is 10.4. The number of ether oxygens (including phenoxy) is 1. The lowest BCUT2D eigenvalue weighted by atomic mass is 10.1. The van der Waals surface area contributed by atoms with E-state index in [1.54, 1.807) is 0 Å². The highest BCUT2D eigenvalue weighted by atomic mass is 16.5. The van der Waals surface area contributed by atoms with E-state index in [-0.39, 0.29) is 0 Å². The molecule has 1 saturated heterocycles. The smallest absolute Gasteiger partial charge is 0.0619 e. The number of morpholine rings is 1. The molecular formula is C14H20N2O. The van der Waals surface area contributed by atoms with Crippen LogP contribution in [0, 0.1) is 0 Å². The predicted molar refractivity (Wildman–Crippen MR) is 67.7 cm³/mol. The summed E-state index contributed by atoms with van der Waals surface area (Å²) in [6, 6.07) is 7.44. The second-order valence-corrected chi connectivity index (χ2v) is 5.10. The molecule has 0 aliphatic carbocycles. The van der Waals surface area contributed by atoms with Crippen molar-refractivity contribution in [1.82, 2.24) is 10.2 Å². The van der Waals surface area contributed by atoms with Crippen molar-refractivity contribution in [2.45, 2.75) is 32.6 Å². The van der Waals surface area contributed by atoms with Crippen LogP contribution in [0.5, 0.6) is 0 Å². The highest BCUT2D eigenvalue weighted by Crippen LogP contribution is 2.19. The van der Waals surface area contributed by atoms with Gasteiger partial charge in [0.05, 0.1) is 13.2 Å². The molecule has 3 nitrogen and oxygen atoms in total. The monoisotopic (exact) mass is 232 g/mol. The van der Waals surface area contributed by atoms with Crippen molar-refractivity contribution in [3.63, 3.8) is 0 Å². The van der Waals surface area contributed by atoms with Gasteiger partial charge in [0.25, 0.3) is 0 Å². The molecule has 0 aromatic heterocycles. The number of nitrogens with one attached hydrogen (secondary N) is 1. The lowest BCUT2D eigenvalue weighted by Crippen LogP contribution is -2.42. The summed E-state index contributed by atoms with van der Waals surface area (Å²) in [5, 5.41) is 3.39. The molecule has 0 saturated carbocycles. The van der Waals surface area contributed by atoms with Gasteiger partial charge in [-0.1, -0.05) is 18.2 Å². The van der Waals surface area contributed by atoms with Crippen molar-refractivity contribution in [2.24, 2.45) is 0 Å². The standard InChI is InChI=1S/C14H20N2O/c1-11-10-17-5-4-16(11)9-12-2-3-13-7-15-8-14(13)6-12/h2-3,6,11,15H,4-5,7-10H2,1H3. The second kappa shape index (κ2) is 4.77. The van der Waals surface area contributed by atoms with Crippen molar-refractivity contribution in [2.75, 3.05) is 19.8 Å². The predicted octanol–water partition coefficient (Wildman–Crippen LogP) is 1.51. The van der Waals surface area contributed by atoms with Crippen molar-refractivity contribution in [3.05, 3.63) is 34.9 Å². The number of hydrogen-bond donors (Lipinski definition) is 1. The second-order valence-electron chi connectivity index (χ2n) is 5.10. The van der Waals surface area contributed by atoms with Crippen LogP contribution in [0.3, 0.4) is 0 Å². The molecule has 2 heterocycles. The number of nitrogens with zero attached hydrogens (tertiary/aromatic N) is 1. The van der Waals surface area contributed by atoms with Crippen molar-refractivity contribution < 1.29 is 4.74 Å². The summed E-state index contributed by atoms with van der Waals surface area (Å²) in [5.74, 6) is 0. The quantitative estimate of drug-likeness (QED) is 0.836. The number of fused-ring (bicyclic) bond motifs is 1. The molecule has 17 heavy (non-hydrogen) atoms. The molecule has 0 spiro atoms. The lowest BCUT2D eigenvalue weighted by molar-refractivity contribution is -0.00437. The first kappa shape index (κ1) is 11.2. The van der Waals surface area contributed by atoms with Gasteiger partial charge in [-0.2, -0.15) is 0 Å². The molecule has 92 valence electrons. The zero-order chi connectivity index (χ0) is 11.7.